The fourth-order valence-corrected chi connectivity index (χ4v) is 2.38. The first kappa shape index (κ1) is 16.0. The van der Waals surface area contributed by atoms with E-state index >= 15 is 0 Å². The Labute approximate surface area is 125 Å². The van der Waals surface area contributed by atoms with Crippen LogP contribution in [0.3, 0.4) is 0 Å². The summed E-state index contributed by atoms with van der Waals surface area (Å²) in [4.78, 5) is 22.3. The van der Waals surface area contributed by atoms with Crippen LogP contribution in [0, 0.1) is 20.9 Å². The molecule has 0 bridgehead atoms. The van der Waals surface area contributed by atoms with Crippen LogP contribution in [0.15, 0.2) is 36.4 Å². The van der Waals surface area contributed by atoms with Gasteiger partial charge in [-0.2, -0.15) is 0 Å². The SMILES string of the molecule is Cl.Cl.O=C(O)c1ccc2c(c1C(=O)O)=c1ccccc1=2. The third-order valence-electron chi connectivity index (χ3n) is 3.14. The lowest BCUT2D eigenvalue weighted by Gasteiger charge is -2.09. The second-order valence-corrected chi connectivity index (χ2v) is 4.07. The van der Waals surface area contributed by atoms with Gasteiger partial charge in [-0.1, -0.05) is 30.3 Å². The number of hydrogen-bond donors (Lipinski definition) is 2. The smallest absolute Gasteiger partial charge is 0.337 e. The summed E-state index contributed by atoms with van der Waals surface area (Å²) in [7, 11) is 0. The number of fused-ring (bicyclic) bond motifs is 2. The summed E-state index contributed by atoms with van der Waals surface area (Å²) in [5, 5.41) is 21.3. The van der Waals surface area contributed by atoms with Crippen molar-refractivity contribution >= 4 is 36.8 Å². The molecule has 0 aromatic heterocycles. The molecule has 0 unspecified atom stereocenters. The van der Waals surface area contributed by atoms with Crippen LogP contribution < -0.4 is 0 Å². The number of halogens is 2. The normalized spacial score (nSPS) is 10.0. The Morgan fingerprint density at radius 2 is 1.35 bits per heavy atom. The van der Waals surface area contributed by atoms with Crippen molar-refractivity contribution in [2.45, 2.75) is 0 Å². The van der Waals surface area contributed by atoms with Crippen molar-refractivity contribution < 1.29 is 19.8 Å². The molecule has 2 aromatic rings. The molecule has 20 heavy (non-hydrogen) atoms. The third kappa shape index (κ3) is 2.03. The highest BCUT2D eigenvalue weighted by molar-refractivity contribution is 6.02. The Kier molecular flexibility index (Phi) is 4.43. The minimum Gasteiger partial charge on any atom is -0.478 e. The minimum absolute atomic E-state index is 0. The van der Waals surface area contributed by atoms with E-state index in [1.807, 2.05) is 12.1 Å². The van der Waals surface area contributed by atoms with E-state index in [2.05, 4.69) is 0 Å². The summed E-state index contributed by atoms with van der Waals surface area (Å²) < 4.78 is 0. The Morgan fingerprint density at radius 1 is 0.750 bits per heavy atom. The van der Waals surface area contributed by atoms with Crippen molar-refractivity contribution in [2.75, 3.05) is 0 Å². The molecule has 3 rings (SSSR count). The number of rotatable bonds is 2. The van der Waals surface area contributed by atoms with Crippen molar-refractivity contribution in [3.8, 4) is 0 Å². The summed E-state index contributed by atoms with van der Waals surface area (Å²) in [6, 6.07) is 10.4. The van der Waals surface area contributed by atoms with Crippen LogP contribution in [0.4, 0.5) is 0 Å². The molecule has 0 aliphatic heterocycles. The number of carboxylic acids is 2. The predicted molar refractivity (Wildman–Crippen MR) is 76.6 cm³/mol. The molecule has 1 aliphatic rings. The van der Waals surface area contributed by atoms with E-state index in [9.17, 15) is 14.7 Å². The number of carbonyl (C=O) groups is 2. The first-order valence-electron chi connectivity index (χ1n) is 5.34. The molecule has 0 fully saturated rings. The quantitative estimate of drug-likeness (QED) is 0.763. The fourth-order valence-electron chi connectivity index (χ4n) is 2.38. The molecule has 1 aliphatic carbocycles. The van der Waals surface area contributed by atoms with Gasteiger partial charge in [0.2, 0.25) is 0 Å². The van der Waals surface area contributed by atoms with E-state index in [-0.39, 0.29) is 35.9 Å². The van der Waals surface area contributed by atoms with Gasteiger partial charge in [-0.05, 0) is 21.7 Å². The van der Waals surface area contributed by atoms with E-state index in [0.717, 1.165) is 15.7 Å². The zero-order valence-electron chi connectivity index (χ0n) is 9.99. The molecule has 0 spiro atoms. The Morgan fingerprint density at radius 3 is 1.90 bits per heavy atom. The molecule has 2 N–H and O–H groups in total. The highest BCUT2D eigenvalue weighted by Crippen LogP contribution is 2.20. The molecule has 0 saturated carbocycles. The first-order chi connectivity index (χ1) is 8.61. The molecular weight excluding hydrogens is 303 g/mol. The zero-order valence-corrected chi connectivity index (χ0v) is 11.6. The van der Waals surface area contributed by atoms with Crippen LogP contribution >= 0.6 is 24.8 Å². The average Bonchev–Trinajstić information content (AvgIpc) is 2.33. The van der Waals surface area contributed by atoms with E-state index < -0.39 is 11.9 Å². The van der Waals surface area contributed by atoms with Crippen LogP contribution in [-0.4, -0.2) is 22.2 Å². The van der Waals surface area contributed by atoms with Crippen LogP contribution in [0.5, 0.6) is 0 Å². The predicted octanol–water partition coefficient (Wildman–Crippen LogP) is 2.81. The molecule has 104 valence electrons. The van der Waals surface area contributed by atoms with Gasteiger partial charge in [0, 0.05) is 5.22 Å². The summed E-state index contributed by atoms with van der Waals surface area (Å²) in [5.74, 6) is -2.43. The molecule has 2 aromatic carbocycles. The summed E-state index contributed by atoms with van der Waals surface area (Å²) in [6.45, 7) is 0. The maximum absolute atomic E-state index is 11.3. The van der Waals surface area contributed by atoms with Gasteiger partial charge < -0.3 is 10.2 Å². The van der Waals surface area contributed by atoms with Crippen LogP contribution in [0.1, 0.15) is 20.7 Å². The van der Waals surface area contributed by atoms with Crippen molar-refractivity contribution in [3.05, 3.63) is 68.4 Å². The van der Waals surface area contributed by atoms with Gasteiger partial charge in [-0.25, -0.2) is 9.59 Å². The van der Waals surface area contributed by atoms with Crippen LogP contribution in [0.25, 0.3) is 0 Å². The molecule has 0 amide bonds. The van der Waals surface area contributed by atoms with Gasteiger partial charge in [-0.15, -0.1) is 24.8 Å². The van der Waals surface area contributed by atoms with Gasteiger partial charge in [0.05, 0.1) is 11.1 Å². The van der Waals surface area contributed by atoms with Crippen molar-refractivity contribution in [2.24, 2.45) is 0 Å². The Balaban J connectivity index is 0.000001000. The van der Waals surface area contributed by atoms with E-state index in [4.69, 9.17) is 5.11 Å². The molecule has 0 radical (unpaired) electrons. The van der Waals surface area contributed by atoms with Crippen LogP contribution in [-0.2, 0) is 0 Å². The highest BCUT2D eigenvalue weighted by atomic mass is 35.5. The van der Waals surface area contributed by atoms with E-state index in [0.29, 0.717) is 5.22 Å². The highest BCUT2D eigenvalue weighted by Gasteiger charge is 2.20. The molecule has 0 atom stereocenters. The van der Waals surface area contributed by atoms with Crippen molar-refractivity contribution in [3.63, 3.8) is 0 Å². The number of aromatic carboxylic acids is 2. The summed E-state index contributed by atoms with van der Waals surface area (Å²) in [6.07, 6.45) is 0. The molecule has 0 saturated heterocycles. The van der Waals surface area contributed by atoms with Crippen molar-refractivity contribution in [1.29, 1.82) is 0 Å². The zero-order chi connectivity index (χ0) is 12.9. The number of hydrogen-bond acceptors (Lipinski definition) is 2. The second-order valence-electron chi connectivity index (χ2n) is 4.07. The minimum atomic E-state index is -1.22. The van der Waals surface area contributed by atoms with Gasteiger partial charge >= 0.3 is 11.9 Å². The standard InChI is InChI=1S/C14H8O4.2ClH/c15-13(16)10-6-5-9-7-3-1-2-4-8(7)11(9)12(10)14(17)18;;/h1-6H,(H,15,16)(H,17,18);2*1H. The van der Waals surface area contributed by atoms with Gasteiger partial charge in [0.1, 0.15) is 0 Å². The summed E-state index contributed by atoms with van der Waals surface area (Å²) >= 11 is 0. The molecule has 4 nitrogen and oxygen atoms in total. The summed E-state index contributed by atoms with van der Waals surface area (Å²) in [5.41, 5.74) is -0.297. The lowest BCUT2D eigenvalue weighted by Crippen LogP contribution is -2.12. The van der Waals surface area contributed by atoms with Crippen molar-refractivity contribution in [1.82, 2.24) is 0 Å². The average molecular weight is 313 g/mol. The van der Waals surface area contributed by atoms with E-state index in [1.54, 1.807) is 18.2 Å². The molecule has 6 heteroatoms. The third-order valence-corrected chi connectivity index (χ3v) is 3.14. The van der Waals surface area contributed by atoms with Crippen LogP contribution in [0.2, 0.25) is 0 Å². The fraction of sp³-hybridized carbons (Fsp3) is 0. The number of carboxylic acid groups (broad SMARTS) is 2. The maximum Gasteiger partial charge on any atom is 0.337 e. The Bertz CT molecular complexity index is 890. The lowest BCUT2D eigenvalue weighted by atomic mass is 9.94. The van der Waals surface area contributed by atoms with E-state index in [1.165, 1.54) is 6.07 Å². The lowest BCUT2D eigenvalue weighted by molar-refractivity contribution is 0.0650. The monoisotopic (exact) mass is 312 g/mol. The largest absolute Gasteiger partial charge is 0.478 e. The van der Waals surface area contributed by atoms with Gasteiger partial charge in [-0.3, -0.25) is 0 Å². The maximum atomic E-state index is 11.3. The van der Waals surface area contributed by atoms with Gasteiger partial charge in [0.25, 0.3) is 0 Å². The Hall–Kier alpha value is -2.04. The number of benzene rings is 2. The van der Waals surface area contributed by atoms with Gasteiger partial charge in [0.15, 0.2) is 0 Å². The first-order valence-corrected chi connectivity index (χ1v) is 5.34. The second kappa shape index (κ2) is 5.53. The topological polar surface area (TPSA) is 74.6 Å². The molecule has 0 heterocycles. The molecular formula is C14H10Cl2O4.